The van der Waals surface area contributed by atoms with Gasteiger partial charge in [-0.15, -0.1) is 0 Å². The molecule has 0 aliphatic rings. The van der Waals surface area contributed by atoms with Gasteiger partial charge in [0.15, 0.2) is 0 Å². The van der Waals surface area contributed by atoms with Crippen LogP contribution in [0.15, 0.2) is 17.0 Å². The summed E-state index contributed by atoms with van der Waals surface area (Å²) in [6.07, 6.45) is 0. The highest BCUT2D eigenvalue weighted by molar-refractivity contribution is 7.89. The van der Waals surface area contributed by atoms with Crippen molar-refractivity contribution in [2.45, 2.75) is 45.6 Å². The summed E-state index contributed by atoms with van der Waals surface area (Å²) >= 11 is 0. The highest BCUT2D eigenvalue weighted by Gasteiger charge is 2.19. The number of hydrogen-bond acceptors (Lipinski definition) is 3. The van der Waals surface area contributed by atoms with Gasteiger partial charge in [-0.3, -0.25) is 4.79 Å². The highest BCUT2D eigenvalue weighted by Crippen LogP contribution is 2.20. The molecule has 1 aromatic rings. The van der Waals surface area contributed by atoms with Gasteiger partial charge >= 0.3 is 0 Å². The average molecular weight is 298 g/mol. The van der Waals surface area contributed by atoms with Crippen LogP contribution in [-0.2, 0) is 10.0 Å². The second-order valence-electron chi connectivity index (χ2n) is 5.47. The summed E-state index contributed by atoms with van der Waals surface area (Å²) < 4.78 is 23.1. The van der Waals surface area contributed by atoms with Crippen LogP contribution >= 0.6 is 0 Å². The molecule has 0 saturated heterocycles. The Hall–Kier alpha value is -1.40. The summed E-state index contributed by atoms with van der Waals surface area (Å²) in [4.78, 5) is 12.2. The topological polar surface area (TPSA) is 89.3 Å². The van der Waals surface area contributed by atoms with Gasteiger partial charge in [0.2, 0.25) is 10.0 Å². The summed E-state index contributed by atoms with van der Waals surface area (Å²) in [5.74, 6) is 0.00223. The lowest BCUT2D eigenvalue weighted by Gasteiger charge is -2.18. The molecule has 0 aliphatic carbocycles. The van der Waals surface area contributed by atoms with Crippen molar-refractivity contribution in [1.29, 1.82) is 0 Å². The summed E-state index contributed by atoms with van der Waals surface area (Å²) in [5.41, 5.74) is 1.60. The van der Waals surface area contributed by atoms with E-state index >= 15 is 0 Å². The van der Waals surface area contributed by atoms with Crippen LogP contribution in [0.2, 0.25) is 0 Å². The second-order valence-corrected chi connectivity index (χ2v) is 7.00. The molecule has 1 amide bonds. The molecule has 6 heteroatoms. The van der Waals surface area contributed by atoms with E-state index in [1.165, 1.54) is 6.07 Å². The van der Waals surface area contributed by atoms with E-state index in [-0.39, 0.29) is 16.8 Å². The molecule has 0 spiro atoms. The van der Waals surface area contributed by atoms with Crippen LogP contribution < -0.4 is 10.5 Å². The van der Waals surface area contributed by atoms with Crippen molar-refractivity contribution in [3.05, 3.63) is 28.8 Å². The van der Waals surface area contributed by atoms with Crippen LogP contribution in [0.3, 0.4) is 0 Å². The fourth-order valence-electron chi connectivity index (χ4n) is 1.71. The maximum Gasteiger partial charge on any atom is 0.251 e. The van der Waals surface area contributed by atoms with E-state index in [0.717, 1.165) is 5.56 Å². The zero-order valence-electron chi connectivity index (χ0n) is 12.5. The lowest BCUT2D eigenvalue weighted by atomic mass is 10.0. The number of aryl methyl sites for hydroxylation is 1. The Kier molecular flexibility index (Phi) is 4.94. The molecule has 3 N–H and O–H groups in total. The first-order valence-corrected chi connectivity index (χ1v) is 8.03. The zero-order valence-corrected chi connectivity index (χ0v) is 13.3. The third-order valence-electron chi connectivity index (χ3n) is 3.55. The summed E-state index contributed by atoms with van der Waals surface area (Å²) in [6, 6.07) is 3.01. The molecule has 0 aliphatic heterocycles. The van der Waals surface area contributed by atoms with Crippen molar-refractivity contribution in [2.75, 3.05) is 0 Å². The molecule has 112 valence electrons. The monoisotopic (exact) mass is 298 g/mol. The van der Waals surface area contributed by atoms with Crippen LogP contribution in [-0.4, -0.2) is 20.4 Å². The van der Waals surface area contributed by atoms with Gasteiger partial charge in [0, 0.05) is 11.6 Å². The smallest absolute Gasteiger partial charge is 0.251 e. The van der Waals surface area contributed by atoms with Crippen molar-refractivity contribution >= 4 is 15.9 Å². The van der Waals surface area contributed by atoms with Crippen molar-refractivity contribution in [1.82, 2.24) is 5.32 Å². The largest absolute Gasteiger partial charge is 0.349 e. The lowest BCUT2D eigenvalue weighted by molar-refractivity contribution is 0.0930. The minimum atomic E-state index is -3.84. The Bertz CT molecular complexity index is 622. The van der Waals surface area contributed by atoms with E-state index in [9.17, 15) is 13.2 Å². The molecule has 0 aromatic heterocycles. The second kappa shape index (κ2) is 5.93. The lowest BCUT2D eigenvalue weighted by Crippen LogP contribution is -2.36. The number of nitrogens with two attached hydrogens (primary N) is 1. The number of carbonyl (C=O) groups excluding carboxylic acids is 1. The van der Waals surface area contributed by atoms with E-state index in [1.54, 1.807) is 19.9 Å². The van der Waals surface area contributed by atoms with Gasteiger partial charge in [0.25, 0.3) is 5.91 Å². The molecule has 1 rings (SSSR count). The van der Waals surface area contributed by atoms with Crippen LogP contribution in [0.4, 0.5) is 0 Å². The Morgan fingerprint density at radius 2 is 1.75 bits per heavy atom. The van der Waals surface area contributed by atoms with Crippen LogP contribution in [0.25, 0.3) is 0 Å². The van der Waals surface area contributed by atoms with E-state index in [1.807, 2.05) is 20.8 Å². The van der Waals surface area contributed by atoms with E-state index in [2.05, 4.69) is 5.32 Å². The first kappa shape index (κ1) is 16.7. The minimum Gasteiger partial charge on any atom is -0.349 e. The van der Waals surface area contributed by atoms with Crippen molar-refractivity contribution in [3.8, 4) is 0 Å². The van der Waals surface area contributed by atoms with Crippen molar-refractivity contribution < 1.29 is 13.2 Å². The Balaban J connectivity index is 3.21. The molecule has 0 bridgehead atoms. The number of nitrogens with one attached hydrogen (secondary N) is 1. The minimum absolute atomic E-state index is 0.000139. The number of benzene rings is 1. The SMILES string of the molecule is Cc1cc(C(=O)NC(C)C(C)C)cc(S(N)(=O)=O)c1C. The Labute approximate surface area is 120 Å². The average Bonchev–Trinajstić information content (AvgIpc) is 2.30. The molecule has 0 heterocycles. The third kappa shape index (κ3) is 3.80. The molecule has 1 aromatic carbocycles. The molecule has 0 fully saturated rings. The van der Waals surface area contributed by atoms with E-state index < -0.39 is 10.0 Å². The fourth-order valence-corrected chi connectivity index (χ4v) is 2.59. The third-order valence-corrected chi connectivity index (χ3v) is 4.58. The molecular formula is C14H22N2O3S. The van der Waals surface area contributed by atoms with Crippen LogP contribution in [0.5, 0.6) is 0 Å². The van der Waals surface area contributed by atoms with Gasteiger partial charge in [-0.1, -0.05) is 13.8 Å². The molecule has 5 nitrogen and oxygen atoms in total. The maximum absolute atomic E-state index is 12.2. The first-order valence-electron chi connectivity index (χ1n) is 6.49. The molecule has 0 radical (unpaired) electrons. The summed E-state index contributed by atoms with van der Waals surface area (Å²) in [5, 5.41) is 8.03. The number of rotatable bonds is 4. The first-order chi connectivity index (χ1) is 9.04. The number of amides is 1. The molecule has 20 heavy (non-hydrogen) atoms. The number of carbonyl (C=O) groups is 1. The number of primary sulfonamides is 1. The predicted molar refractivity (Wildman–Crippen MR) is 79.1 cm³/mol. The van der Waals surface area contributed by atoms with Crippen molar-refractivity contribution in [3.63, 3.8) is 0 Å². The normalized spacial score (nSPS) is 13.3. The molecule has 1 atom stereocenters. The number of hydrogen-bond donors (Lipinski definition) is 2. The Morgan fingerprint density at radius 3 is 2.20 bits per heavy atom. The van der Waals surface area contributed by atoms with Gasteiger partial charge in [-0.2, -0.15) is 0 Å². The van der Waals surface area contributed by atoms with Crippen molar-refractivity contribution in [2.24, 2.45) is 11.1 Å². The van der Waals surface area contributed by atoms with Gasteiger partial charge in [0.05, 0.1) is 4.90 Å². The fraction of sp³-hybridized carbons (Fsp3) is 0.500. The molecule has 0 saturated carbocycles. The Morgan fingerprint density at radius 1 is 1.20 bits per heavy atom. The van der Waals surface area contributed by atoms with Gasteiger partial charge in [-0.25, -0.2) is 13.6 Å². The number of sulfonamides is 1. The van der Waals surface area contributed by atoms with Gasteiger partial charge in [-0.05, 0) is 49.9 Å². The molecule has 1 unspecified atom stereocenters. The van der Waals surface area contributed by atoms with E-state index in [4.69, 9.17) is 5.14 Å². The standard InChI is InChI=1S/C14H22N2O3S/c1-8(2)11(5)16-14(17)12-6-9(3)10(4)13(7-12)20(15,18)19/h6-8,11H,1-5H3,(H,16,17)(H2,15,18,19). The van der Waals surface area contributed by atoms with Gasteiger partial charge < -0.3 is 5.32 Å². The summed E-state index contributed by atoms with van der Waals surface area (Å²) in [7, 11) is -3.84. The molecular weight excluding hydrogens is 276 g/mol. The predicted octanol–water partition coefficient (Wildman–Crippen LogP) is 1.73. The van der Waals surface area contributed by atoms with E-state index in [0.29, 0.717) is 17.0 Å². The van der Waals surface area contributed by atoms with Gasteiger partial charge in [0.1, 0.15) is 0 Å². The summed E-state index contributed by atoms with van der Waals surface area (Å²) in [6.45, 7) is 9.34. The van der Waals surface area contributed by atoms with Crippen LogP contribution in [0.1, 0.15) is 42.3 Å². The maximum atomic E-state index is 12.2. The van der Waals surface area contributed by atoms with Crippen LogP contribution in [0, 0.1) is 19.8 Å². The quantitative estimate of drug-likeness (QED) is 0.887. The zero-order chi connectivity index (χ0) is 15.7. The highest BCUT2D eigenvalue weighted by atomic mass is 32.2.